The molecule has 1 aliphatic carbocycles. The third kappa shape index (κ3) is 6.81. The van der Waals surface area contributed by atoms with E-state index in [0.717, 1.165) is 12.8 Å². The summed E-state index contributed by atoms with van der Waals surface area (Å²) in [6.07, 6.45) is 3.40. The molecule has 41 heavy (non-hydrogen) atoms. The number of carbonyl (C=O) groups is 1. The van der Waals surface area contributed by atoms with E-state index < -0.39 is 32.1 Å². The van der Waals surface area contributed by atoms with Gasteiger partial charge in [-0.2, -0.15) is 15.1 Å². The van der Waals surface area contributed by atoms with Crippen molar-refractivity contribution in [2.45, 2.75) is 77.5 Å². The zero-order valence-electron chi connectivity index (χ0n) is 24.0. The molecule has 1 saturated carbocycles. The van der Waals surface area contributed by atoms with Crippen LogP contribution in [0.2, 0.25) is 0 Å². The van der Waals surface area contributed by atoms with Crippen molar-refractivity contribution in [3.63, 3.8) is 0 Å². The van der Waals surface area contributed by atoms with Crippen LogP contribution in [0.5, 0.6) is 5.75 Å². The number of nitrogens with two attached hydrogens (primary N) is 1. The summed E-state index contributed by atoms with van der Waals surface area (Å²) in [5.41, 5.74) is 7.34. The van der Waals surface area contributed by atoms with E-state index in [4.69, 9.17) is 24.3 Å². The normalized spacial score (nSPS) is 22.9. The Balaban J connectivity index is 1.30. The van der Waals surface area contributed by atoms with Crippen LogP contribution in [0.15, 0.2) is 36.7 Å². The summed E-state index contributed by atoms with van der Waals surface area (Å²) in [5.74, 6) is 0.702. The van der Waals surface area contributed by atoms with Crippen molar-refractivity contribution < 1.29 is 27.9 Å². The molecule has 3 aromatic rings. The molecule has 5 atom stereocenters. The smallest absolute Gasteiger partial charge is 0.459 e. The van der Waals surface area contributed by atoms with Crippen LogP contribution in [0, 0.1) is 5.92 Å². The fourth-order valence-electron chi connectivity index (χ4n) is 4.87. The number of anilines is 2. The fourth-order valence-corrected chi connectivity index (χ4v) is 6.39. The molecule has 14 heteroatoms. The second-order valence-corrected chi connectivity index (χ2v) is 12.7. The second kappa shape index (κ2) is 11.9. The van der Waals surface area contributed by atoms with Crippen molar-refractivity contribution in [3.05, 3.63) is 36.7 Å². The number of rotatable bonds is 12. The number of hydrogen-bond donors (Lipinski definition) is 2. The van der Waals surface area contributed by atoms with Gasteiger partial charge >= 0.3 is 13.7 Å². The predicted molar refractivity (Wildman–Crippen MR) is 153 cm³/mol. The Labute approximate surface area is 239 Å². The lowest BCUT2D eigenvalue weighted by Crippen LogP contribution is -2.36. The highest BCUT2D eigenvalue weighted by molar-refractivity contribution is 7.52. The molecular formula is C27H38N7O6P. The molecule has 13 nitrogen and oxygen atoms in total. The minimum atomic E-state index is -4.01. The quantitative estimate of drug-likeness (QED) is 0.232. The van der Waals surface area contributed by atoms with Crippen LogP contribution in [-0.4, -0.2) is 63.4 Å². The van der Waals surface area contributed by atoms with Crippen LogP contribution in [0.3, 0.4) is 0 Å². The summed E-state index contributed by atoms with van der Waals surface area (Å²) < 4.78 is 38.9. The summed E-state index contributed by atoms with van der Waals surface area (Å²) in [6, 6.07) is 8.13. The number of carbonyl (C=O) groups excluding carboxylic acids is 1. The van der Waals surface area contributed by atoms with E-state index in [2.05, 4.69) is 31.9 Å². The lowest BCUT2D eigenvalue weighted by Gasteiger charge is -2.24. The summed E-state index contributed by atoms with van der Waals surface area (Å²) in [7, 11) is -2.01. The Kier molecular flexibility index (Phi) is 8.51. The molecule has 0 unspecified atom stereocenters. The maximum Gasteiger partial charge on any atom is 0.459 e. The number of nitrogens with one attached hydrogen (secondary N) is 1. The van der Waals surface area contributed by atoms with Gasteiger partial charge in [-0.15, -0.1) is 0 Å². The molecule has 5 rings (SSSR count). The van der Waals surface area contributed by atoms with Gasteiger partial charge in [0.1, 0.15) is 18.0 Å². The molecule has 2 aromatic heterocycles. The number of nitrogens with zero attached hydrogens (tertiary/aromatic N) is 5. The van der Waals surface area contributed by atoms with Crippen LogP contribution in [0.4, 0.5) is 11.8 Å². The first-order valence-corrected chi connectivity index (χ1v) is 15.4. The largest absolute Gasteiger partial charge is 0.462 e. The molecule has 0 bridgehead atoms. The van der Waals surface area contributed by atoms with Gasteiger partial charge in [-0.3, -0.25) is 13.9 Å². The maximum atomic E-state index is 13.8. The summed E-state index contributed by atoms with van der Waals surface area (Å²) >= 11 is 0. The summed E-state index contributed by atoms with van der Waals surface area (Å²) in [5, 5.41) is 2.71. The van der Waals surface area contributed by atoms with E-state index in [0.29, 0.717) is 35.2 Å². The molecule has 0 radical (unpaired) electrons. The number of ether oxygens (including phenoxy) is 2. The van der Waals surface area contributed by atoms with Crippen LogP contribution in [-0.2, 0) is 23.4 Å². The third-order valence-corrected chi connectivity index (χ3v) is 8.68. The lowest BCUT2D eigenvalue weighted by molar-refractivity contribution is -0.149. The topological polar surface area (TPSA) is 156 Å². The van der Waals surface area contributed by atoms with E-state index >= 15 is 0 Å². The number of benzene rings is 1. The molecule has 2 aliphatic rings. The molecule has 2 fully saturated rings. The first kappa shape index (κ1) is 29.2. The Morgan fingerprint density at radius 2 is 1.98 bits per heavy atom. The number of fused-ring (bicyclic) bond motifs is 1. The van der Waals surface area contributed by atoms with Crippen LogP contribution in [0.25, 0.3) is 11.2 Å². The Hall–Kier alpha value is -3.25. The van der Waals surface area contributed by atoms with E-state index in [1.54, 1.807) is 51.4 Å². The van der Waals surface area contributed by atoms with Crippen molar-refractivity contribution in [2.24, 2.45) is 5.92 Å². The minimum Gasteiger partial charge on any atom is -0.462 e. The molecule has 0 spiro atoms. The van der Waals surface area contributed by atoms with Gasteiger partial charge in [0, 0.05) is 19.0 Å². The first-order valence-electron chi connectivity index (χ1n) is 13.9. The molecular weight excluding hydrogens is 549 g/mol. The van der Waals surface area contributed by atoms with Crippen molar-refractivity contribution >= 4 is 36.6 Å². The van der Waals surface area contributed by atoms with Gasteiger partial charge in [0.25, 0.3) is 0 Å². The summed E-state index contributed by atoms with van der Waals surface area (Å²) in [4.78, 5) is 28.1. The molecule has 0 amide bonds. The number of imidazole rings is 1. The van der Waals surface area contributed by atoms with Gasteiger partial charge < -0.3 is 24.6 Å². The lowest BCUT2D eigenvalue weighted by atomic mass is 10.1. The van der Waals surface area contributed by atoms with E-state index in [1.165, 1.54) is 0 Å². The highest BCUT2D eigenvalue weighted by atomic mass is 31.2. The van der Waals surface area contributed by atoms with Gasteiger partial charge in [-0.25, -0.2) is 9.55 Å². The highest BCUT2D eigenvalue weighted by Crippen LogP contribution is 2.46. The summed E-state index contributed by atoms with van der Waals surface area (Å²) in [6.45, 7) is 7.05. The van der Waals surface area contributed by atoms with Gasteiger partial charge in [0.15, 0.2) is 17.0 Å². The Morgan fingerprint density at radius 3 is 2.66 bits per heavy atom. The molecule has 3 N–H and O–H groups in total. The maximum absolute atomic E-state index is 13.8. The van der Waals surface area contributed by atoms with Crippen molar-refractivity contribution in [3.8, 4) is 5.75 Å². The molecule has 1 aromatic carbocycles. The Morgan fingerprint density at radius 1 is 1.24 bits per heavy atom. The Bertz CT molecular complexity index is 1420. The van der Waals surface area contributed by atoms with Crippen LogP contribution < -0.4 is 20.2 Å². The molecule has 1 saturated heterocycles. The predicted octanol–water partition coefficient (Wildman–Crippen LogP) is 4.06. The van der Waals surface area contributed by atoms with Crippen molar-refractivity contribution in [2.75, 3.05) is 24.3 Å². The number of esters is 1. The van der Waals surface area contributed by atoms with Gasteiger partial charge in [-0.1, -0.05) is 25.1 Å². The average Bonchev–Trinajstić information content (AvgIpc) is 3.59. The van der Waals surface area contributed by atoms with E-state index in [1.807, 2.05) is 17.7 Å². The van der Waals surface area contributed by atoms with Crippen molar-refractivity contribution in [1.82, 2.24) is 24.6 Å². The SMILES string of the molecule is CC(C)OC(=O)[C@H](C)N[P@](=O)(OC[C@@H]1C[C@H](C)[C@H](n2cnc3c(N(C)C4CC4)nc(N)nc32)O1)Oc1ccccc1. The number of aromatic nitrogens is 4. The zero-order valence-corrected chi connectivity index (χ0v) is 24.9. The van der Waals surface area contributed by atoms with Crippen LogP contribution >= 0.6 is 7.75 Å². The van der Waals surface area contributed by atoms with Gasteiger partial charge in [0.05, 0.1) is 25.1 Å². The highest BCUT2D eigenvalue weighted by Gasteiger charge is 2.39. The third-order valence-electron chi connectivity index (χ3n) is 7.03. The number of nitrogen functional groups attached to an aromatic ring is 1. The zero-order chi connectivity index (χ0) is 29.3. The number of hydrogen-bond acceptors (Lipinski definition) is 11. The molecule has 1 aliphatic heterocycles. The first-order chi connectivity index (χ1) is 19.5. The van der Waals surface area contributed by atoms with Crippen molar-refractivity contribution in [1.29, 1.82) is 0 Å². The number of para-hydroxylation sites is 1. The van der Waals surface area contributed by atoms with Gasteiger partial charge in [-0.05, 0) is 52.2 Å². The van der Waals surface area contributed by atoms with Crippen LogP contribution in [0.1, 0.15) is 53.2 Å². The van der Waals surface area contributed by atoms with E-state index in [9.17, 15) is 9.36 Å². The average molecular weight is 588 g/mol. The standard InChI is InChI=1S/C27H38N7O6P/c1-16(2)38-26(35)18(4)32-41(36,40-20-9-7-6-8-10-20)37-14-21-13-17(3)25(39-21)34-15-29-22-23(33(5)19-11-12-19)30-27(28)31-24(22)34/h6-10,15-19,21,25H,11-14H2,1-5H3,(H,32,36)(H2,28,30,31)/t17-,18-,21-,25+,41-/m0/s1. The van der Waals surface area contributed by atoms with Gasteiger partial charge in [0.2, 0.25) is 5.95 Å². The monoisotopic (exact) mass is 587 g/mol. The molecule has 222 valence electrons. The minimum absolute atomic E-state index is 0.0384. The fraction of sp³-hybridized carbons (Fsp3) is 0.556. The molecule has 3 heterocycles. The van der Waals surface area contributed by atoms with E-state index in [-0.39, 0.29) is 24.6 Å². The second-order valence-electron chi connectivity index (χ2n) is 11.0.